The quantitative estimate of drug-likeness (QED) is 0.600. The maximum absolute atomic E-state index is 5.90. The summed E-state index contributed by atoms with van der Waals surface area (Å²) in [4.78, 5) is 6.82. The molecule has 1 aromatic carbocycles. The lowest BCUT2D eigenvalue weighted by Crippen LogP contribution is -2.36. The Balaban J connectivity index is 1.92. The molecular formula is C13H20N4. The topological polar surface area (TPSA) is 53.6 Å². The Morgan fingerprint density at radius 1 is 1.41 bits per heavy atom. The summed E-state index contributed by atoms with van der Waals surface area (Å²) in [6.45, 7) is 2.16. The maximum Gasteiger partial charge on any atom is 0.193 e. The highest BCUT2D eigenvalue weighted by Gasteiger charge is 2.16. The van der Waals surface area contributed by atoms with Crippen LogP contribution in [0.3, 0.4) is 0 Å². The van der Waals surface area contributed by atoms with Crippen molar-refractivity contribution in [3.63, 3.8) is 0 Å². The number of hydrogen-bond donors (Lipinski definition) is 2. The van der Waals surface area contributed by atoms with Gasteiger partial charge in [-0.05, 0) is 38.6 Å². The van der Waals surface area contributed by atoms with Crippen molar-refractivity contribution in [2.45, 2.75) is 18.9 Å². The van der Waals surface area contributed by atoms with E-state index < -0.39 is 0 Å². The third-order valence-electron chi connectivity index (χ3n) is 2.97. The molecule has 1 saturated heterocycles. The molecule has 1 aliphatic rings. The molecule has 0 bridgehead atoms. The van der Waals surface area contributed by atoms with E-state index in [0.29, 0.717) is 12.0 Å². The Hall–Kier alpha value is -1.55. The fourth-order valence-electron chi connectivity index (χ4n) is 2.14. The molecule has 1 unspecified atom stereocenters. The summed E-state index contributed by atoms with van der Waals surface area (Å²) >= 11 is 0. The van der Waals surface area contributed by atoms with Crippen LogP contribution in [0.25, 0.3) is 0 Å². The van der Waals surface area contributed by atoms with Crippen LogP contribution in [-0.2, 0) is 0 Å². The van der Waals surface area contributed by atoms with Crippen LogP contribution in [0.1, 0.15) is 12.8 Å². The summed E-state index contributed by atoms with van der Waals surface area (Å²) in [5.74, 6) is 0.511. The van der Waals surface area contributed by atoms with Gasteiger partial charge in [-0.2, -0.15) is 0 Å². The minimum atomic E-state index is 0.324. The zero-order valence-corrected chi connectivity index (χ0v) is 10.3. The summed E-state index contributed by atoms with van der Waals surface area (Å²) < 4.78 is 0. The Kier molecular flexibility index (Phi) is 3.98. The summed E-state index contributed by atoms with van der Waals surface area (Å²) in [6, 6.07) is 10.2. The molecule has 2 rings (SSSR count). The van der Waals surface area contributed by atoms with Gasteiger partial charge in [0.05, 0.1) is 6.04 Å². The summed E-state index contributed by atoms with van der Waals surface area (Å²) in [5, 5.41) is 3.11. The van der Waals surface area contributed by atoms with E-state index in [4.69, 9.17) is 5.73 Å². The molecule has 0 saturated carbocycles. The summed E-state index contributed by atoms with van der Waals surface area (Å²) in [5.41, 5.74) is 6.89. The van der Waals surface area contributed by atoms with E-state index in [-0.39, 0.29) is 0 Å². The zero-order chi connectivity index (χ0) is 12.1. The van der Waals surface area contributed by atoms with Gasteiger partial charge in [-0.3, -0.25) is 0 Å². The van der Waals surface area contributed by atoms with Gasteiger partial charge in [0.2, 0.25) is 0 Å². The number of para-hydroxylation sites is 1. The predicted molar refractivity (Wildman–Crippen MR) is 72.2 cm³/mol. The zero-order valence-electron chi connectivity index (χ0n) is 10.3. The SMILES string of the molecule is CN1CCCC(N=C(N)Nc2ccccc2)C1. The van der Waals surface area contributed by atoms with Crippen LogP contribution in [0.15, 0.2) is 35.3 Å². The van der Waals surface area contributed by atoms with E-state index in [1.165, 1.54) is 6.42 Å². The van der Waals surface area contributed by atoms with Crippen molar-refractivity contribution in [2.75, 3.05) is 25.5 Å². The van der Waals surface area contributed by atoms with Crippen LogP contribution in [0.5, 0.6) is 0 Å². The normalized spacial score (nSPS) is 22.4. The minimum Gasteiger partial charge on any atom is -0.370 e. The lowest BCUT2D eigenvalue weighted by atomic mass is 10.1. The van der Waals surface area contributed by atoms with E-state index in [1.807, 2.05) is 30.3 Å². The van der Waals surface area contributed by atoms with E-state index in [0.717, 1.165) is 25.2 Å². The number of hydrogen-bond acceptors (Lipinski definition) is 2. The number of nitrogens with one attached hydrogen (secondary N) is 1. The second-order valence-corrected chi connectivity index (χ2v) is 4.56. The second-order valence-electron chi connectivity index (χ2n) is 4.56. The Morgan fingerprint density at radius 3 is 2.88 bits per heavy atom. The molecule has 0 aliphatic carbocycles. The standard InChI is InChI=1S/C13H20N4/c1-17-9-5-8-12(10-17)16-13(14)15-11-6-3-2-4-7-11/h2-4,6-7,12H,5,8-10H2,1H3,(H3,14,15,16). The Labute approximate surface area is 103 Å². The number of nitrogens with two attached hydrogens (primary N) is 1. The molecule has 1 aromatic rings. The van der Waals surface area contributed by atoms with E-state index in [9.17, 15) is 0 Å². The molecule has 92 valence electrons. The predicted octanol–water partition coefficient (Wildman–Crippen LogP) is 1.51. The molecule has 1 aliphatic heterocycles. The number of nitrogens with zero attached hydrogens (tertiary/aromatic N) is 2. The molecule has 1 heterocycles. The highest BCUT2D eigenvalue weighted by atomic mass is 15.2. The first-order valence-corrected chi connectivity index (χ1v) is 6.08. The third-order valence-corrected chi connectivity index (χ3v) is 2.97. The minimum absolute atomic E-state index is 0.324. The highest BCUT2D eigenvalue weighted by molar-refractivity contribution is 5.92. The molecule has 4 heteroatoms. The number of piperidine rings is 1. The van der Waals surface area contributed by atoms with Crippen molar-refractivity contribution in [1.82, 2.24) is 4.90 Å². The van der Waals surface area contributed by atoms with Gasteiger partial charge in [0.15, 0.2) is 5.96 Å². The van der Waals surface area contributed by atoms with E-state index in [2.05, 4.69) is 22.3 Å². The van der Waals surface area contributed by atoms with Gasteiger partial charge in [0, 0.05) is 12.2 Å². The first-order chi connectivity index (χ1) is 8.24. The summed E-state index contributed by atoms with van der Waals surface area (Å²) in [7, 11) is 2.13. The highest BCUT2D eigenvalue weighted by Crippen LogP contribution is 2.11. The van der Waals surface area contributed by atoms with Crippen molar-refractivity contribution in [3.05, 3.63) is 30.3 Å². The van der Waals surface area contributed by atoms with Gasteiger partial charge in [-0.15, -0.1) is 0 Å². The monoisotopic (exact) mass is 232 g/mol. The average molecular weight is 232 g/mol. The second kappa shape index (κ2) is 5.68. The Morgan fingerprint density at radius 2 is 2.18 bits per heavy atom. The molecule has 0 spiro atoms. The number of likely N-dealkylation sites (tertiary alicyclic amines) is 1. The number of likely N-dealkylation sites (N-methyl/N-ethyl adjacent to an activating group) is 1. The molecule has 3 N–H and O–H groups in total. The number of anilines is 1. The molecule has 0 aromatic heterocycles. The van der Waals surface area contributed by atoms with Crippen LogP contribution in [0.2, 0.25) is 0 Å². The fourth-order valence-corrected chi connectivity index (χ4v) is 2.14. The van der Waals surface area contributed by atoms with Gasteiger partial charge >= 0.3 is 0 Å². The van der Waals surface area contributed by atoms with Crippen LogP contribution in [-0.4, -0.2) is 37.0 Å². The maximum atomic E-state index is 5.90. The molecule has 4 nitrogen and oxygen atoms in total. The largest absolute Gasteiger partial charge is 0.370 e. The van der Waals surface area contributed by atoms with Crippen molar-refractivity contribution < 1.29 is 0 Å². The van der Waals surface area contributed by atoms with Gasteiger partial charge in [-0.1, -0.05) is 18.2 Å². The smallest absolute Gasteiger partial charge is 0.193 e. The van der Waals surface area contributed by atoms with Crippen molar-refractivity contribution in [1.29, 1.82) is 0 Å². The van der Waals surface area contributed by atoms with Gasteiger partial charge in [-0.25, -0.2) is 4.99 Å². The molecule has 17 heavy (non-hydrogen) atoms. The third kappa shape index (κ3) is 3.75. The van der Waals surface area contributed by atoms with Crippen molar-refractivity contribution in [3.8, 4) is 0 Å². The summed E-state index contributed by atoms with van der Waals surface area (Å²) in [6.07, 6.45) is 2.32. The van der Waals surface area contributed by atoms with E-state index >= 15 is 0 Å². The number of benzene rings is 1. The molecule has 1 atom stereocenters. The molecule has 0 amide bonds. The lowest BCUT2D eigenvalue weighted by Gasteiger charge is -2.27. The fraction of sp³-hybridized carbons (Fsp3) is 0.462. The first kappa shape index (κ1) is 11.9. The van der Waals surface area contributed by atoms with Gasteiger partial charge in [0.1, 0.15) is 0 Å². The molecular weight excluding hydrogens is 212 g/mol. The van der Waals surface area contributed by atoms with Crippen molar-refractivity contribution in [2.24, 2.45) is 10.7 Å². The lowest BCUT2D eigenvalue weighted by molar-refractivity contribution is 0.253. The number of guanidine groups is 1. The van der Waals surface area contributed by atoms with E-state index in [1.54, 1.807) is 0 Å². The molecule has 0 radical (unpaired) electrons. The molecule has 1 fully saturated rings. The van der Waals surface area contributed by atoms with Crippen LogP contribution >= 0.6 is 0 Å². The van der Waals surface area contributed by atoms with Crippen LogP contribution in [0, 0.1) is 0 Å². The number of rotatable bonds is 2. The number of aliphatic imine (C=N–C) groups is 1. The average Bonchev–Trinajstić information content (AvgIpc) is 2.30. The van der Waals surface area contributed by atoms with Crippen molar-refractivity contribution >= 4 is 11.6 Å². The van der Waals surface area contributed by atoms with Crippen LogP contribution < -0.4 is 11.1 Å². The first-order valence-electron chi connectivity index (χ1n) is 6.08. The Bertz CT molecular complexity index is 374. The van der Waals surface area contributed by atoms with Gasteiger partial charge < -0.3 is 16.0 Å². The van der Waals surface area contributed by atoms with Crippen LogP contribution in [0.4, 0.5) is 5.69 Å². The van der Waals surface area contributed by atoms with Gasteiger partial charge in [0.25, 0.3) is 0 Å².